The second kappa shape index (κ2) is 5.71. The lowest BCUT2D eigenvalue weighted by atomic mass is 10.0. The summed E-state index contributed by atoms with van der Waals surface area (Å²) in [5.74, 6) is 2.19. The zero-order valence-electron chi connectivity index (χ0n) is 8.58. The first-order valence-electron chi connectivity index (χ1n) is 4.87. The number of hydrogen-bond acceptors (Lipinski definition) is 4. The number of hydrogen-bond donors (Lipinski definition) is 3. The summed E-state index contributed by atoms with van der Waals surface area (Å²) in [6.45, 7) is 1.58. The van der Waals surface area contributed by atoms with E-state index in [1.54, 1.807) is 0 Å². The van der Waals surface area contributed by atoms with Gasteiger partial charge in [0.2, 0.25) is 5.91 Å². The predicted octanol–water partition coefficient (Wildman–Crippen LogP) is -1.52. The third-order valence-corrected chi connectivity index (χ3v) is 2.21. The molecule has 15 heavy (non-hydrogen) atoms. The lowest BCUT2D eigenvalue weighted by Crippen LogP contribution is -2.45. The Labute approximate surface area is 89.2 Å². The zero-order chi connectivity index (χ0) is 11.1. The Balaban J connectivity index is 2.13. The molecule has 0 saturated carbocycles. The standard InChI is InChI=1S/C10H16N2O3/c1-2-4-11-6-9(13)12-7-10(14)3-5-15-8-10/h1,11,14H,3-8H2,(H,12,13). The van der Waals surface area contributed by atoms with E-state index in [2.05, 4.69) is 16.6 Å². The normalized spacial score (nSPS) is 24.8. The van der Waals surface area contributed by atoms with E-state index in [4.69, 9.17) is 11.2 Å². The molecule has 1 atom stereocenters. The predicted molar refractivity (Wildman–Crippen MR) is 55.1 cm³/mol. The monoisotopic (exact) mass is 212 g/mol. The molecule has 0 aromatic carbocycles. The molecule has 1 aliphatic heterocycles. The summed E-state index contributed by atoms with van der Waals surface area (Å²) in [4.78, 5) is 11.2. The van der Waals surface area contributed by atoms with Crippen LogP contribution >= 0.6 is 0 Å². The van der Waals surface area contributed by atoms with Crippen LogP contribution in [0.3, 0.4) is 0 Å². The fourth-order valence-electron chi connectivity index (χ4n) is 1.31. The number of rotatable bonds is 5. The summed E-state index contributed by atoms with van der Waals surface area (Å²) in [7, 11) is 0. The van der Waals surface area contributed by atoms with E-state index in [0.717, 1.165) is 0 Å². The molecule has 1 saturated heterocycles. The summed E-state index contributed by atoms with van der Waals surface area (Å²) in [5.41, 5.74) is -0.901. The van der Waals surface area contributed by atoms with Crippen molar-refractivity contribution >= 4 is 5.91 Å². The van der Waals surface area contributed by atoms with E-state index in [1.807, 2.05) is 0 Å². The van der Waals surface area contributed by atoms with Crippen molar-refractivity contribution in [3.05, 3.63) is 0 Å². The maximum Gasteiger partial charge on any atom is 0.234 e. The zero-order valence-corrected chi connectivity index (χ0v) is 8.58. The van der Waals surface area contributed by atoms with Gasteiger partial charge in [0.15, 0.2) is 0 Å². The highest BCUT2D eigenvalue weighted by Crippen LogP contribution is 2.16. The number of aliphatic hydroxyl groups is 1. The van der Waals surface area contributed by atoms with Crippen LogP contribution in [0.4, 0.5) is 0 Å². The number of carbonyl (C=O) groups excluding carboxylic acids is 1. The summed E-state index contributed by atoms with van der Waals surface area (Å²) in [6, 6.07) is 0. The quantitative estimate of drug-likeness (QED) is 0.382. The number of amides is 1. The Kier molecular flexibility index (Phi) is 4.56. The molecule has 0 aliphatic carbocycles. The van der Waals surface area contributed by atoms with Crippen LogP contribution in [0, 0.1) is 12.3 Å². The molecule has 1 heterocycles. The molecule has 0 bridgehead atoms. The Hall–Kier alpha value is -1.09. The number of carbonyl (C=O) groups is 1. The van der Waals surface area contributed by atoms with Gasteiger partial charge in [0.25, 0.3) is 0 Å². The molecule has 5 nitrogen and oxygen atoms in total. The Morgan fingerprint density at radius 2 is 2.47 bits per heavy atom. The SMILES string of the molecule is C#CCNCC(=O)NCC1(O)CCOC1. The van der Waals surface area contributed by atoms with E-state index >= 15 is 0 Å². The largest absolute Gasteiger partial charge is 0.386 e. The molecule has 0 aromatic heterocycles. The van der Waals surface area contributed by atoms with Crippen molar-refractivity contribution < 1.29 is 14.6 Å². The van der Waals surface area contributed by atoms with E-state index < -0.39 is 5.60 Å². The van der Waals surface area contributed by atoms with Crippen LogP contribution in [0.25, 0.3) is 0 Å². The number of nitrogens with one attached hydrogen (secondary N) is 2. The minimum Gasteiger partial charge on any atom is -0.386 e. The molecule has 1 unspecified atom stereocenters. The minimum atomic E-state index is -0.901. The van der Waals surface area contributed by atoms with E-state index in [1.165, 1.54) is 0 Å². The average molecular weight is 212 g/mol. The molecular formula is C10H16N2O3. The molecule has 1 amide bonds. The molecule has 0 spiro atoms. The summed E-state index contributed by atoms with van der Waals surface area (Å²) in [6.07, 6.45) is 5.57. The van der Waals surface area contributed by atoms with Crippen molar-refractivity contribution in [3.8, 4) is 12.3 Å². The van der Waals surface area contributed by atoms with Crippen LogP contribution in [0.1, 0.15) is 6.42 Å². The molecule has 3 N–H and O–H groups in total. The average Bonchev–Trinajstić information content (AvgIpc) is 2.64. The molecule has 1 rings (SSSR count). The van der Waals surface area contributed by atoms with E-state index in [-0.39, 0.29) is 25.6 Å². The van der Waals surface area contributed by atoms with Crippen LogP contribution in [0.5, 0.6) is 0 Å². The molecule has 5 heteroatoms. The van der Waals surface area contributed by atoms with Gasteiger partial charge in [-0.1, -0.05) is 5.92 Å². The molecule has 1 aliphatic rings. The second-order valence-corrected chi connectivity index (χ2v) is 3.61. The van der Waals surface area contributed by atoms with Crippen LogP contribution < -0.4 is 10.6 Å². The third kappa shape index (κ3) is 4.30. The topological polar surface area (TPSA) is 70.6 Å². The maximum atomic E-state index is 11.2. The van der Waals surface area contributed by atoms with Crippen LogP contribution in [-0.4, -0.2) is 49.5 Å². The van der Waals surface area contributed by atoms with Gasteiger partial charge < -0.3 is 15.2 Å². The van der Waals surface area contributed by atoms with Gasteiger partial charge in [-0.3, -0.25) is 10.1 Å². The molecule has 1 fully saturated rings. The Morgan fingerprint density at radius 3 is 3.07 bits per heavy atom. The van der Waals surface area contributed by atoms with Gasteiger partial charge in [-0.25, -0.2) is 0 Å². The summed E-state index contributed by atoms with van der Waals surface area (Å²) < 4.78 is 5.05. The van der Waals surface area contributed by atoms with Crippen molar-refractivity contribution in [3.63, 3.8) is 0 Å². The first-order chi connectivity index (χ1) is 7.16. The third-order valence-electron chi connectivity index (χ3n) is 2.21. The molecule has 0 radical (unpaired) electrons. The Bertz CT molecular complexity index is 254. The van der Waals surface area contributed by atoms with Crippen molar-refractivity contribution in [2.24, 2.45) is 0 Å². The van der Waals surface area contributed by atoms with Crippen molar-refractivity contribution in [1.82, 2.24) is 10.6 Å². The van der Waals surface area contributed by atoms with Crippen LogP contribution in [-0.2, 0) is 9.53 Å². The minimum absolute atomic E-state index is 0.168. The fraction of sp³-hybridized carbons (Fsp3) is 0.700. The van der Waals surface area contributed by atoms with Crippen molar-refractivity contribution in [1.29, 1.82) is 0 Å². The lowest BCUT2D eigenvalue weighted by molar-refractivity contribution is -0.121. The van der Waals surface area contributed by atoms with Crippen molar-refractivity contribution in [2.75, 3.05) is 32.8 Å². The number of terminal acetylenes is 1. The fourth-order valence-corrected chi connectivity index (χ4v) is 1.31. The van der Waals surface area contributed by atoms with Crippen LogP contribution in [0.2, 0.25) is 0 Å². The molecular weight excluding hydrogens is 196 g/mol. The van der Waals surface area contributed by atoms with E-state index in [9.17, 15) is 9.90 Å². The highest BCUT2D eigenvalue weighted by molar-refractivity contribution is 5.78. The highest BCUT2D eigenvalue weighted by Gasteiger charge is 2.32. The summed E-state index contributed by atoms with van der Waals surface area (Å²) in [5, 5.41) is 15.2. The first-order valence-corrected chi connectivity index (χ1v) is 4.87. The smallest absolute Gasteiger partial charge is 0.234 e. The van der Waals surface area contributed by atoms with Gasteiger partial charge in [0, 0.05) is 19.6 Å². The van der Waals surface area contributed by atoms with Gasteiger partial charge in [-0.2, -0.15) is 0 Å². The van der Waals surface area contributed by atoms with Gasteiger partial charge in [0.1, 0.15) is 5.60 Å². The lowest BCUT2D eigenvalue weighted by Gasteiger charge is -2.20. The molecule has 84 valence electrons. The number of ether oxygens (including phenoxy) is 1. The van der Waals surface area contributed by atoms with Gasteiger partial charge in [0.05, 0.1) is 19.7 Å². The summed E-state index contributed by atoms with van der Waals surface area (Å²) >= 11 is 0. The van der Waals surface area contributed by atoms with Gasteiger partial charge >= 0.3 is 0 Å². The maximum absolute atomic E-state index is 11.2. The van der Waals surface area contributed by atoms with Gasteiger partial charge in [-0.05, 0) is 0 Å². The van der Waals surface area contributed by atoms with Crippen molar-refractivity contribution in [2.45, 2.75) is 12.0 Å². The second-order valence-electron chi connectivity index (χ2n) is 3.61. The Morgan fingerprint density at radius 1 is 1.67 bits per heavy atom. The van der Waals surface area contributed by atoms with E-state index in [0.29, 0.717) is 19.6 Å². The first kappa shape index (κ1) is 12.0. The highest BCUT2D eigenvalue weighted by atomic mass is 16.5. The van der Waals surface area contributed by atoms with Crippen LogP contribution in [0.15, 0.2) is 0 Å². The molecule has 0 aromatic rings. The van der Waals surface area contributed by atoms with Gasteiger partial charge in [-0.15, -0.1) is 6.42 Å².